The molecule has 0 aromatic heterocycles. The van der Waals surface area contributed by atoms with Gasteiger partial charge in [0.25, 0.3) is 0 Å². The van der Waals surface area contributed by atoms with Crippen LogP contribution in [0.5, 0.6) is 0 Å². The molecule has 3 nitrogen and oxygen atoms in total. The molecule has 0 aromatic carbocycles. The van der Waals surface area contributed by atoms with E-state index in [0.29, 0.717) is 11.5 Å². The smallest absolute Gasteiger partial charge is 0.0589 e. The molecular formula is C15H32N2O. The van der Waals surface area contributed by atoms with Crippen LogP contribution in [-0.2, 0) is 4.74 Å². The molecule has 1 N–H and O–H groups in total. The number of ether oxygens (including phenoxy) is 1. The number of methoxy groups -OCH3 is 1. The number of piperidine rings is 1. The Hall–Kier alpha value is -0.120. The summed E-state index contributed by atoms with van der Waals surface area (Å²) >= 11 is 0. The van der Waals surface area contributed by atoms with E-state index in [1.165, 1.54) is 45.3 Å². The van der Waals surface area contributed by atoms with Gasteiger partial charge in [-0.2, -0.15) is 0 Å². The molecule has 0 amide bonds. The first-order valence-corrected chi connectivity index (χ1v) is 7.57. The van der Waals surface area contributed by atoms with Crippen LogP contribution in [-0.4, -0.2) is 50.8 Å². The summed E-state index contributed by atoms with van der Waals surface area (Å²) in [5, 5.41) is 3.50. The van der Waals surface area contributed by atoms with Crippen LogP contribution in [0.3, 0.4) is 0 Å². The normalized spacial score (nSPS) is 19.7. The van der Waals surface area contributed by atoms with Gasteiger partial charge in [-0.25, -0.2) is 0 Å². The van der Waals surface area contributed by atoms with E-state index in [2.05, 4.69) is 31.0 Å². The summed E-state index contributed by atoms with van der Waals surface area (Å²) < 4.78 is 5.25. The van der Waals surface area contributed by atoms with Crippen molar-refractivity contribution in [3.05, 3.63) is 0 Å². The maximum absolute atomic E-state index is 5.25. The SMILES string of the molecule is CCCC1(CN(CCOC)C(C)C)CCNCC1. The largest absolute Gasteiger partial charge is 0.383 e. The molecule has 18 heavy (non-hydrogen) atoms. The zero-order valence-corrected chi connectivity index (χ0v) is 12.8. The lowest BCUT2D eigenvalue weighted by Crippen LogP contribution is -2.47. The fraction of sp³-hybridized carbons (Fsp3) is 1.00. The topological polar surface area (TPSA) is 24.5 Å². The van der Waals surface area contributed by atoms with Crippen molar-refractivity contribution in [3.63, 3.8) is 0 Å². The number of nitrogens with zero attached hydrogens (tertiary/aromatic N) is 1. The lowest BCUT2D eigenvalue weighted by atomic mass is 9.74. The van der Waals surface area contributed by atoms with Gasteiger partial charge >= 0.3 is 0 Å². The van der Waals surface area contributed by atoms with Crippen molar-refractivity contribution in [1.29, 1.82) is 0 Å². The Bertz CT molecular complexity index is 207. The molecule has 0 atom stereocenters. The van der Waals surface area contributed by atoms with Gasteiger partial charge in [0.05, 0.1) is 6.61 Å². The Labute approximate surface area is 113 Å². The van der Waals surface area contributed by atoms with Crippen LogP contribution >= 0.6 is 0 Å². The zero-order chi connectivity index (χ0) is 13.4. The molecule has 0 spiro atoms. The molecule has 1 heterocycles. The van der Waals surface area contributed by atoms with Crippen molar-refractivity contribution in [2.75, 3.05) is 39.9 Å². The summed E-state index contributed by atoms with van der Waals surface area (Å²) in [5.41, 5.74) is 0.540. The second-order valence-electron chi connectivity index (χ2n) is 6.06. The van der Waals surface area contributed by atoms with Crippen molar-refractivity contribution < 1.29 is 4.74 Å². The highest BCUT2D eigenvalue weighted by atomic mass is 16.5. The molecule has 1 rings (SSSR count). The monoisotopic (exact) mass is 256 g/mol. The highest BCUT2D eigenvalue weighted by Crippen LogP contribution is 2.35. The first-order chi connectivity index (χ1) is 8.63. The van der Waals surface area contributed by atoms with Crippen molar-refractivity contribution in [2.45, 2.75) is 52.5 Å². The van der Waals surface area contributed by atoms with E-state index in [9.17, 15) is 0 Å². The van der Waals surface area contributed by atoms with Crippen LogP contribution in [0.25, 0.3) is 0 Å². The molecule has 108 valence electrons. The first-order valence-electron chi connectivity index (χ1n) is 7.57. The molecule has 1 saturated heterocycles. The van der Waals surface area contributed by atoms with Gasteiger partial charge in [0, 0.05) is 26.2 Å². The Morgan fingerprint density at radius 2 is 1.94 bits per heavy atom. The third-order valence-corrected chi connectivity index (χ3v) is 4.30. The van der Waals surface area contributed by atoms with E-state index in [1.54, 1.807) is 7.11 Å². The Balaban J connectivity index is 2.60. The molecule has 0 radical (unpaired) electrons. The van der Waals surface area contributed by atoms with Gasteiger partial charge in [-0.3, -0.25) is 4.90 Å². The molecule has 0 bridgehead atoms. The number of nitrogens with one attached hydrogen (secondary N) is 1. The summed E-state index contributed by atoms with van der Waals surface area (Å²) in [7, 11) is 1.80. The van der Waals surface area contributed by atoms with Gasteiger partial charge in [0.2, 0.25) is 0 Å². The predicted molar refractivity (Wildman–Crippen MR) is 78.0 cm³/mol. The standard InChI is InChI=1S/C15H32N2O/c1-5-6-15(7-9-16-10-8-15)13-17(14(2)3)11-12-18-4/h14,16H,5-13H2,1-4H3. The summed E-state index contributed by atoms with van der Waals surface area (Å²) in [6.45, 7) is 12.5. The molecule has 1 aliphatic heterocycles. The number of hydrogen-bond donors (Lipinski definition) is 1. The Morgan fingerprint density at radius 1 is 1.28 bits per heavy atom. The average Bonchev–Trinajstić information content (AvgIpc) is 2.35. The van der Waals surface area contributed by atoms with E-state index >= 15 is 0 Å². The van der Waals surface area contributed by atoms with Crippen LogP contribution in [0.2, 0.25) is 0 Å². The quantitative estimate of drug-likeness (QED) is 0.722. The van der Waals surface area contributed by atoms with Crippen molar-refractivity contribution in [1.82, 2.24) is 10.2 Å². The van der Waals surface area contributed by atoms with Crippen molar-refractivity contribution in [2.24, 2.45) is 5.41 Å². The van der Waals surface area contributed by atoms with Crippen LogP contribution < -0.4 is 5.32 Å². The predicted octanol–water partition coefficient (Wildman–Crippen LogP) is 2.51. The van der Waals surface area contributed by atoms with E-state index in [4.69, 9.17) is 4.74 Å². The average molecular weight is 256 g/mol. The van der Waals surface area contributed by atoms with Crippen LogP contribution in [0.15, 0.2) is 0 Å². The minimum absolute atomic E-state index is 0.540. The second-order valence-corrected chi connectivity index (χ2v) is 6.06. The minimum Gasteiger partial charge on any atom is -0.383 e. The Morgan fingerprint density at radius 3 is 2.44 bits per heavy atom. The molecule has 0 unspecified atom stereocenters. The Kier molecular flexibility index (Phi) is 7.20. The maximum atomic E-state index is 5.25. The lowest BCUT2D eigenvalue weighted by molar-refractivity contribution is 0.0600. The van der Waals surface area contributed by atoms with E-state index in [0.717, 1.165) is 13.2 Å². The summed E-state index contributed by atoms with van der Waals surface area (Å²) in [6.07, 6.45) is 5.33. The van der Waals surface area contributed by atoms with Crippen molar-refractivity contribution in [3.8, 4) is 0 Å². The van der Waals surface area contributed by atoms with Gasteiger partial charge in [-0.15, -0.1) is 0 Å². The third-order valence-electron chi connectivity index (χ3n) is 4.30. The molecule has 0 aromatic rings. The van der Waals surface area contributed by atoms with Crippen molar-refractivity contribution >= 4 is 0 Å². The highest BCUT2D eigenvalue weighted by Gasteiger charge is 2.33. The molecule has 1 fully saturated rings. The van der Waals surface area contributed by atoms with E-state index < -0.39 is 0 Å². The minimum atomic E-state index is 0.540. The van der Waals surface area contributed by atoms with Gasteiger partial charge in [0.15, 0.2) is 0 Å². The van der Waals surface area contributed by atoms with E-state index in [1.807, 2.05) is 0 Å². The van der Waals surface area contributed by atoms with Gasteiger partial charge in [0.1, 0.15) is 0 Å². The molecular weight excluding hydrogens is 224 g/mol. The van der Waals surface area contributed by atoms with Gasteiger partial charge in [-0.05, 0) is 51.6 Å². The molecule has 1 aliphatic rings. The summed E-state index contributed by atoms with van der Waals surface area (Å²) in [4.78, 5) is 2.60. The fourth-order valence-corrected chi connectivity index (χ4v) is 3.13. The summed E-state index contributed by atoms with van der Waals surface area (Å²) in [6, 6.07) is 0.615. The van der Waals surface area contributed by atoms with Gasteiger partial charge in [-0.1, -0.05) is 13.3 Å². The third kappa shape index (κ3) is 4.87. The van der Waals surface area contributed by atoms with E-state index in [-0.39, 0.29) is 0 Å². The molecule has 0 aliphatic carbocycles. The lowest BCUT2D eigenvalue weighted by Gasteiger charge is -2.43. The van der Waals surface area contributed by atoms with Crippen LogP contribution in [0.1, 0.15) is 46.5 Å². The molecule has 3 heteroatoms. The fourth-order valence-electron chi connectivity index (χ4n) is 3.13. The van der Waals surface area contributed by atoms with Crippen LogP contribution in [0, 0.1) is 5.41 Å². The number of hydrogen-bond acceptors (Lipinski definition) is 3. The summed E-state index contributed by atoms with van der Waals surface area (Å²) in [5.74, 6) is 0. The zero-order valence-electron chi connectivity index (χ0n) is 12.8. The first kappa shape index (κ1) is 15.9. The van der Waals surface area contributed by atoms with Crippen LogP contribution in [0.4, 0.5) is 0 Å². The highest BCUT2D eigenvalue weighted by molar-refractivity contribution is 4.88. The second kappa shape index (κ2) is 8.13. The molecule has 0 saturated carbocycles. The maximum Gasteiger partial charge on any atom is 0.0589 e. The van der Waals surface area contributed by atoms with Gasteiger partial charge < -0.3 is 10.1 Å². The number of rotatable bonds is 8.